The summed E-state index contributed by atoms with van der Waals surface area (Å²) < 4.78 is 2.15. The van der Waals surface area contributed by atoms with Crippen LogP contribution in [0.4, 0.5) is 5.69 Å². The first-order valence-electron chi connectivity index (χ1n) is 7.95. The summed E-state index contributed by atoms with van der Waals surface area (Å²) in [4.78, 5) is 12.3. The first kappa shape index (κ1) is 16.5. The fraction of sp³-hybridized carbons (Fsp3) is 0.750. The summed E-state index contributed by atoms with van der Waals surface area (Å²) in [5.74, 6) is 0. The molecular weight excluding hydrogens is 330 g/mol. The Morgan fingerprint density at radius 3 is 2.71 bits per heavy atom. The third kappa shape index (κ3) is 4.31. The van der Waals surface area contributed by atoms with Gasteiger partial charge in [0.05, 0.1) is 11.9 Å². The van der Waals surface area contributed by atoms with Crippen molar-refractivity contribution in [3.05, 3.63) is 21.0 Å². The summed E-state index contributed by atoms with van der Waals surface area (Å²) in [7, 11) is 0. The second kappa shape index (κ2) is 6.95. The third-order valence-electron chi connectivity index (χ3n) is 4.41. The molecule has 0 aromatic carbocycles. The molecule has 0 spiro atoms. The van der Waals surface area contributed by atoms with Crippen molar-refractivity contribution in [1.82, 2.24) is 9.78 Å². The first-order valence-corrected chi connectivity index (χ1v) is 8.74. The zero-order valence-corrected chi connectivity index (χ0v) is 14.9. The quantitative estimate of drug-likeness (QED) is 0.861. The largest absolute Gasteiger partial charge is 0.380 e. The van der Waals surface area contributed by atoms with Crippen LogP contribution in [0.2, 0.25) is 0 Å². The topological polar surface area (TPSA) is 46.9 Å². The number of nitrogens with zero attached hydrogens (tertiary/aromatic N) is 2. The Hall–Kier alpha value is -0.840. The van der Waals surface area contributed by atoms with Gasteiger partial charge in [-0.2, -0.15) is 5.10 Å². The Balaban J connectivity index is 2.04. The van der Waals surface area contributed by atoms with Crippen molar-refractivity contribution in [3.8, 4) is 0 Å². The lowest BCUT2D eigenvalue weighted by Crippen LogP contribution is -2.31. The van der Waals surface area contributed by atoms with E-state index in [1.807, 2.05) is 0 Å². The van der Waals surface area contributed by atoms with E-state index in [9.17, 15) is 4.79 Å². The average molecular weight is 356 g/mol. The molecule has 5 heteroatoms. The maximum atomic E-state index is 12.3. The standard InChI is InChI=1S/C16H26BrN3O/c1-4-5-10-20-15(21)14(17)13(11-18-20)19-12-6-8-16(2,3)9-7-12/h11-12,19H,4-10H2,1-3H3. The number of rotatable bonds is 5. The van der Waals surface area contributed by atoms with Gasteiger partial charge >= 0.3 is 0 Å². The molecule has 0 atom stereocenters. The van der Waals surface area contributed by atoms with Gasteiger partial charge in [-0.3, -0.25) is 4.79 Å². The van der Waals surface area contributed by atoms with Crippen LogP contribution in [-0.4, -0.2) is 15.8 Å². The van der Waals surface area contributed by atoms with E-state index < -0.39 is 0 Å². The molecule has 0 radical (unpaired) electrons. The lowest BCUT2D eigenvalue weighted by molar-refractivity contribution is 0.232. The monoisotopic (exact) mass is 355 g/mol. The van der Waals surface area contributed by atoms with Crippen molar-refractivity contribution < 1.29 is 0 Å². The van der Waals surface area contributed by atoms with E-state index in [0.717, 1.165) is 31.4 Å². The predicted molar refractivity (Wildman–Crippen MR) is 90.8 cm³/mol. The molecule has 1 aliphatic carbocycles. The van der Waals surface area contributed by atoms with Gasteiger partial charge in [-0.15, -0.1) is 0 Å². The fourth-order valence-electron chi connectivity index (χ4n) is 2.80. The number of aromatic nitrogens is 2. The van der Waals surface area contributed by atoms with Crippen molar-refractivity contribution in [2.24, 2.45) is 5.41 Å². The smallest absolute Gasteiger partial charge is 0.283 e. The number of hydrogen-bond donors (Lipinski definition) is 1. The second-order valence-electron chi connectivity index (χ2n) is 6.84. The molecule has 1 fully saturated rings. The lowest BCUT2D eigenvalue weighted by Gasteiger charge is -2.35. The van der Waals surface area contributed by atoms with E-state index >= 15 is 0 Å². The van der Waals surface area contributed by atoms with Crippen LogP contribution in [0.1, 0.15) is 59.3 Å². The van der Waals surface area contributed by atoms with E-state index in [4.69, 9.17) is 0 Å². The van der Waals surface area contributed by atoms with E-state index in [0.29, 0.717) is 22.5 Å². The molecule has 21 heavy (non-hydrogen) atoms. The van der Waals surface area contributed by atoms with Gasteiger partial charge in [0.15, 0.2) is 0 Å². The SMILES string of the molecule is CCCCn1ncc(NC2CCC(C)(C)CC2)c(Br)c1=O. The molecule has 4 nitrogen and oxygen atoms in total. The minimum atomic E-state index is -0.0374. The Morgan fingerprint density at radius 2 is 2.10 bits per heavy atom. The maximum absolute atomic E-state index is 12.3. The number of nitrogens with one attached hydrogen (secondary N) is 1. The number of hydrogen-bond acceptors (Lipinski definition) is 3. The van der Waals surface area contributed by atoms with Crippen LogP contribution in [0.3, 0.4) is 0 Å². The van der Waals surface area contributed by atoms with Crippen molar-refractivity contribution in [2.45, 2.75) is 71.9 Å². The molecule has 0 aliphatic heterocycles. The third-order valence-corrected chi connectivity index (χ3v) is 5.17. The highest BCUT2D eigenvalue weighted by molar-refractivity contribution is 9.10. The average Bonchev–Trinajstić information content (AvgIpc) is 2.45. The number of unbranched alkanes of at least 4 members (excludes halogenated alkanes) is 1. The Kier molecular flexibility index (Phi) is 5.47. The molecule has 1 aliphatic rings. The molecule has 0 saturated heterocycles. The van der Waals surface area contributed by atoms with Gasteiger partial charge in [0, 0.05) is 12.6 Å². The van der Waals surface area contributed by atoms with E-state index in [1.54, 1.807) is 10.9 Å². The maximum Gasteiger partial charge on any atom is 0.283 e. The van der Waals surface area contributed by atoms with E-state index in [-0.39, 0.29) is 5.56 Å². The van der Waals surface area contributed by atoms with Gasteiger partial charge in [0.2, 0.25) is 0 Å². The zero-order chi connectivity index (χ0) is 15.5. The van der Waals surface area contributed by atoms with Gasteiger partial charge in [0.1, 0.15) is 4.47 Å². The molecule has 0 bridgehead atoms. The lowest BCUT2D eigenvalue weighted by atomic mass is 9.75. The van der Waals surface area contributed by atoms with Gasteiger partial charge in [-0.05, 0) is 53.4 Å². The van der Waals surface area contributed by atoms with Crippen LogP contribution in [0, 0.1) is 5.41 Å². The zero-order valence-electron chi connectivity index (χ0n) is 13.3. The van der Waals surface area contributed by atoms with Crippen LogP contribution in [0.15, 0.2) is 15.5 Å². The van der Waals surface area contributed by atoms with Gasteiger partial charge < -0.3 is 5.32 Å². The summed E-state index contributed by atoms with van der Waals surface area (Å²) in [5.41, 5.74) is 1.25. The van der Waals surface area contributed by atoms with Crippen molar-refractivity contribution in [1.29, 1.82) is 0 Å². The van der Waals surface area contributed by atoms with Crippen LogP contribution in [-0.2, 0) is 6.54 Å². The van der Waals surface area contributed by atoms with Gasteiger partial charge in [0.25, 0.3) is 5.56 Å². The van der Waals surface area contributed by atoms with E-state index in [2.05, 4.69) is 47.1 Å². The van der Waals surface area contributed by atoms with Gasteiger partial charge in [-0.25, -0.2) is 4.68 Å². The molecule has 1 saturated carbocycles. The van der Waals surface area contributed by atoms with Crippen molar-refractivity contribution >= 4 is 21.6 Å². The van der Waals surface area contributed by atoms with Crippen LogP contribution in [0.25, 0.3) is 0 Å². The minimum absolute atomic E-state index is 0.0374. The van der Waals surface area contributed by atoms with Gasteiger partial charge in [-0.1, -0.05) is 27.2 Å². The Labute approximate surface area is 135 Å². The number of halogens is 1. The molecule has 1 N–H and O–H groups in total. The number of aryl methyl sites for hydroxylation is 1. The normalized spacial score (nSPS) is 18.7. The van der Waals surface area contributed by atoms with Crippen molar-refractivity contribution in [3.63, 3.8) is 0 Å². The number of anilines is 1. The minimum Gasteiger partial charge on any atom is -0.380 e. The summed E-state index contributed by atoms with van der Waals surface area (Å²) >= 11 is 3.44. The van der Waals surface area contributed by atoms with Crippen LogP contribution >= 0.6 is 15.9 Å². The van der Waals surface area contributed by atoms with E-state index in [1.165, 1.54) is 12.8 Å². The predicted octanol–water partition coefficient (Wildman–Crippen LogP) is 4.19. The molecule has 118 valence electrons. The van der Waals surface area contributed by atoms with Crippen LogP contribution < -0.4 is 10.9 Å². The summed E-state index contributed by atoms with van der Waals surface area (Å²) in [6.07, 6.45) is 8.57. The molecule has 0 amide bonds. The second-order valence-corrected chi connectivity index (χ2v) is 7.63. The molecule has 1 aromatic rings. The Bertz CT molecular complexity index is 529. The highest BCUT2D eigenvalue weighted by Crippen LogP contribution is 2.36. The van der Waals surface area contributed by atoms with Crippen molar-refractivity contribution in [2.75, 3.05) is 5.32 Å². The molecule has 1 heterocycles. The summed E-state index contributed by atoms with van der Waals surface area (Å²) in [6, 6.07) is 0.446. The summed E-state index contributed by atoms with van der Waals surface area (Å²) in [6.45, 7) is 7.46. The fourth-order valence-corrected chi connectivity index (χ4v) is 3.22. The molecule has 0 unspecified atom stereocenters. The molecular formula is C16H26BrN3O. The summed E-state index contributed by atoms with van der Waals surface area (Å²) in [5, 5.41) is 7.77. The van der Waals surface area contributed by atoms with Crippen LogP contribution in [0.5, 0.6) is 0 Å². The molecule has 1 aromatic heterocycles. The Morgan fingerprint density at radius 1 is 1.43 bits per heavy atom. The highest BCUT2D eigenvalue weighted by Gasteiger charge is 2.27. The highest BCUT2D eigenvalue weighted by atomic mass is 79.9. The first-order chi connectivity index (χ1) is 9.93. The molecule has 2 rings (SSSR count).